The van der Waals surface area contributed by atoms with Crippen LogP contribution in [-0.2, 0) is 15.6 Å². The van der Waals surface area contributed by atoms with E-state index in [1.165, 1.54) is 0 Å². The Morgan fingerprint density at radius 2 is 2.19 bits per heavy atom. The van der Waals surface area contributed by atoms with Gasteiger partial charge in [-0.15, -0.1) is 0 Å². The van der Waals surface area contributed by atoms with Crippen molar-refractivity contribution < 1.29 is 8.42 Å². The molecule has 0 aromatic carbocycles. The summed E-state index contributed by atoms with van der Waals surface area (Å²) in [5, 5.41) is 0. The van der Waals surface area contributed by atoms with Crippen molar-refractivity contribution in [1.29, 1.82) is 0 Å². The minimum absolute atomic E-state index is 0.0200. The smallest absolute Gasteiger partial charge is 0.154 e. The normalized spacial score (nSPS) is 13.7. The second-order valence-electron chi connectivity index (χ2n) is 3.87. The first kappa shape index (κ1) is 13.6. The summed E-state index contributed by atoms with van der Waals surface area (Å²) in [7, 11) is -3.09. The minimum Gasteiger partial charge on any atom is -0.328 e. The van der Waals surface area contributed by atoms with E-state index in [4.69, 9.17) is 5.73 Å². The maximum atomic E-state index is 11.7. The Kier molecular flexibility index (Phi) is 4.89. The van der Waals surface area contributed by atoms with Gasteiger partial charge in [0.2, 0.25) is 0 Å². The van der Waals surface area contributed by atoms with Crippen molar-refractivity contribution in [1.82, 2.24) is 4.98 Å². The highest BCUT2D eigenvalue weighted by Crippen LogP contribution is 2.13. The molecule has 0 saturated carbocycles. The summed E-state index contributed by atoms with van der Waals surface area (Å²) in [5.74, 6) is 0.142. The molecule has 0 spiro atoms. The van der Waals surface area contributed by atoms with Crippen LogP contribution in [0.2, 0.25) is 0 Å². The van der Waals surface area contributed by atoms with Crippen LogP contribution < -0.4 is 5.73 Å². The second kappa shape index (κ2) is 5.75. The first-order valence-corrected chi connectivity index (χ1v) is 7.56. The van der Waals surface area contributed by atoms with E-state index in [9.17, 15) is 8.42 Å². The first-order valence-electron chi connectivity index (χ1n) is 4.94. The van der Waals surface area contributed by atoms with Gasteiger partial charge in [0.25, 0.3) is 0 Å². The number of hydrogen-bond donors (Lipinski definition) is 1. The summed E-state index contributed by atoms with van der Waals surface area (Å²) >= 11 is 3.25. The molecule has 1 unspecified atom stereocenters. The summed E-state index contributed by atoms with van der Waals surface area (Å²) in [6.45, 7) is 1.80. The zero-order chi connectivity index (χ0) is 12.2. The lowest BCUT2D eigenvalue weighted by molar-refractivity contribution is 0.586. The highest BCUT2D eigenvalue weighted by atomic mass is 79.9. The van der Waals surface area contributed by atoms with Crippen molar-refractivity contribution in [3.8, 4) is 0 Å². The molecule has 1 rings (SSSR count). The number of halogens is 1. The van der Waals surface area contributed by atoms with Crippen LogP contribution in [0.3, 0.4) is 0 Å². The lowest BCUT2D eigenvalue weighted by Gasteiger charge is -2.06. The van der Waals surface area contributed by atoms with Gasteiger partial charge in [-0.1, -0.05) is 0 Å². The van der Waals surface area contributed by atoms with E-state index in [0.717, 1.165) is 4.47 Å². The minimum atomic E-state index is -3.09. The molecule has 4 nitrogen and oxygen atoms in total. The molecule has 0 aliphatic carbocycles. The van der Waals surface area contributed by atoms with Gasteiger partial charge >= 0.3 is 0 Å². The van der Waals surface area contributed by atoms with E-state index in [1.807, 2.05) is 0 Å². The first-order chi connectivity index (χ1) is 7.39. The van der Waals surface area contributed by atoms with Crippen LogP contribution >= 0.6 is 15.9 Å². The molecule has 0 bridgehead atoms. The number of nitrogens with zero attached hydrogens (tertiary/aromatic N) is 1. The topological polar surface area (TPSA) is 73.1 Å². The molecule has 0 fully saturated rings. The highest BCUT2D eigenvalue weighted by molar-refractivity contribution is 9.10. The maximum absolute atomic E-state index is 11.7. The third-order valence-corrected chi connectivity index (χ3v) is 4.10. The van der Waals surface area contributed by atoms with Crippen LogP contribution in [0.5, 0.6) is 0 Å². The number of hydrogen-bond acceptors (Lipinski definition) is 4. The SMILES string of the molecule is CC(N)CCS(=O)(=O)Cc1cncc(Br)c1. The summed E-state index contributed by atoms with van der Waals surface area (Å²) < 4.78 is 24.2. The van der Waals surface area contributed by atoms with E-state index < -0.39 is 9.84 Å². The number of pyridine rings is 1. The number of rotatable bonds is 5. The van der Waals surface area contributed by atoms with Crippen molar-refractivity contribution in [3.63, 3.8) is 0 Å². The van der Waals surface area contributed by atoms with Gasteiger partial charge in [0.15, 0.2) is 9.84 Å². The predicted molar refractivity (Wildman–Crippen MR) is 67.7 cm³/mol. The van der Waals surface area contributed by atoms with Crippen LogP contribution in [0.25, 0.3) is 0 Å². The van der Waals surface area contributed by atoms with Crippen molar-refractivity contribution in [3.05, 3.63) is 28.5 Å². The van der Waals surface area contributed by atoms with Crippen LogP contribution in [0, 0.1) is 0 Å². The van der Waals surface area contributed by atoms with Crippen molar-refractivity contribution in [2.45, 2.75) is 25.1 Å². The second-order valence-corrected chi connectivity index (χ2v) is 6.97. The van der Waals surface area contributed by atoms with Gasteiger partial charge in [0.05, 0.1) is 11.5 Å². The molecule has 2 N–H and O–H groups in total. The summed E-state index contributed by atoms with van der Waals surface area (Å²) in [5.41, 5.74) is 6.23. The summed E-state index contributed by atoms with van der Waals surface area (Å²) in [4.78, 5) is 3.93. The fourth-order valence-electron chi connectivity index (χ4n) is 1.23. The predicted octanol–water partition coefficient (Wildman–Crippen LogP) is 1.50. The molecule has 0 aliphatic heterocycles. The van der Waals surface area contributed by atoms with Crippen molar-refractivity contribution in [2.24, 2.45) is 5.73 Å². The Hall–Kier alpha value is -0.460. The molecule has 0 radical (unpaired) electrons. The molecular formula is C10H15BrN2O2S. The Balaban J connectivity index is 2.66. The fraction of sp³-hybridized carbons (Fsp3) is 0.500. The van der Waals surface area contributed by atoms with Crippen molar-refractivity contribution in [2.75, 3.05) is 5.75 Å². The van der Waals surface area contributed by atoms with Crippen LogP contribution in [0.1, 0.15) is 18.9 Å². The zero-order valence-electron chi connectivity index (χ0n) is 9.06. The Labute approximate surface area is 104 Å². The van der Waals surface area contributed by atoms with Gasteiger partial charge in [0, 0.05) is 22.9 Å². The Morgan fingerprint density at radius 3 is 2.75 bits per heavy atom. The zero-order valence-corrected chi connectivity index (χ0v) is 11.5. The molecule has 16 heavy (non-hydrogen) atoms. The Morgan fingerprint density at radius 1 is 1.50 bits per heavy atom. The van der Waals surface area contributed by atoms with Gasteiger partial charge in [0.1, 0.15) is 0 Å². The maximum Gasteiger partial charge on any atom is 0.154 e. The highest BCUT2D eigenvalue weighted by Gasteiger charge is 2.13. The lowest BCUT2D eigenvalue weighted by atomic mass is 10.3. The van der Waals surface area contributed by atoms with Gasteiger partial charge in [-0.3, -0.25) is 4.98 Å². The van der Waals surface area contributed by atoms with E-state index in [2.05, 4.69) is 20.9 Å². The third-order valence-electron chi connectivity index (χ3n) is 2.03. The third kappa shape index (κ3) is 5.05. The van der Waals surface area contributed by atoms with E-state index in [1.54, 1.807) is 25.4 Å². The molecule has 1 atom stereocenters. The number of nitrogens with two attached hydrogens (primary N) is 1. The lowest BCUT2D eigenvalue weighted by Crippen LogP contribution is -2.20. The molecule has 0 saturated heterocycles. The molecule has 6 heteroatoms. The average molecular weight is 307 g/mol. The van der Waals surface area contributed by atoms with Crippen LogP contribution in [0.4, 0.5) is 0 Å². The monoisotopic (exact) mass is 306 g/mol. The average Bonchev–Trinajstić information content (AvgIpc) is 2.14. The summed E-state index contributed by atoms with van der Waals surface area (Å²) in [6, 6.07) is 1.67. The van der Waals surface area contributed by atoms with Gasteiger partial charge in [-0.2, -0.15) is 0 Å². The largest absolute Gasteiger partial charge is 0.328 e. The molecule has 0 amide bonds. The van der Waals surface area contributed by atoms with Crippen LogP contribution in [0.15, 0.2) is 22.9 Å². The van der Waals surface area contributed by atoms with E-state index in [0.29, 0.717) is 12.0 Å². The van der Waals surface area contributed by atoms with E-state index in [-0.39, 0.29) is 17.5 Å². The number of aromatic nitrogens is 1. The van der Waals surface area contributed by atoms with Gasteiger partial charge in [-0.25, -0.2) is 8.42 Å². The number of sulfone groups is 1. The van der Waals surface area contributed by atoms with Gasteiger partial charge in [-0.05, 0) is 40.9 Å². The van der Waals surface area contributed by atoms with Gasteiger partial charge < -0.3 is 5.73 Å². The fourth-order valence-corrected chi connectivity index (χ4v) is 3.18. The molecule has 1 aromatic rings. The van der Waals surface area contributed by atoms with Crippen LogP contribution in [-0.4, -0.2) is 25.2 Å². The summed E-state index contributed by atoms with van der Waals surface area (Å²) in [6.07, 6.45) is 3.68. The Bertz CT molecular complexity index is 446. The molecule has 1 aromatic heterocycles. The molecular weight excluding hydrogens is 292 g/mol. The molecule has 0 aliphatic rings. The van der Waals surface area contributed by atoms with Crippen molar-refractivity contribution >= 4 is 25.8 Å². The molecule has 90 valence electrons. The quantitative estimate of drug-likeness (QED) is 0.894. The van der Waals surface area contributed by atoms with E-state index >= 15 is 0 Å². The standard InChI is InChI=1S/C10H15BrN2O2S/c1-8(12)2-3-16(14,15)7-9-4-10(11)6-13-5-9/h4-6,8H,2-3,7,12H2,1H3. The molecule has 1 heterocycles.